The second kappa shape index (κ2) is 8.59. The van der Waals surface area contributed by atoms with Crippen LogP contribution in [-0.2, 0) is 0 Å². The smallest absolute Gasteiger partial charge is 0.404 e. The summed E-state index contributed by atoms with van der Waals surface area (Å²) in [6.45, 7) is 1.01. The molecule has 1 rings (SSSR count). The van der Waals surface area contributed by atoms with Gasteiger partial charge < -0.3 is 15.7 Å². The Bertz CT molecular complexity index is 489. The summed E-state index contributed by atoms with van der Waals surface area (Å²) < 4.78 is 0. The van der Waals surface area contributed by atoms with Gasteiger partial charge in [0.05, 0.1) is 0 Å². The van der Waals surface area contributed by atoms with E-state index in [1.54, 1.807) is 24.3 Å². The van der Waals surface area contributed by atoms with Gasteiger partial charge in [-0.2, -0.15) is 0 Å². The van der Waals surface area contributed by atoms with E-state index in [4.69, 9.17) is 11.5 Å². The second-order valence-corrected chi connectivity index (χ2v) is 4.27. The normalized spacial score (nSPS) is 9.55. The lowest BCUT2D eigenvalue weighted by molar-refractivity contribution is 0.0953. The van der Waals surface area contributed by atoms with Crippen LogP contribution in [0.25, 0.3) is 0 Å². The van der Waals surface area contributed by atoms with E-state index in [1.807, 2.05) is 0 Å². The predicted octanol–water partition coefficient (Wildman–Crippen LogP) is 1.84. The van der Waals surface area contributed by atoms with Crippen molar-refractivity contribution in [2.24, 2.45) is 0 Å². The molecule has 0 aliphatic heterocycles. The molecule has 5 nitrogen and oxygen atoms in total. The van der Waals surface area contributed by atoms with Crippen molar-refractivity contribution in [1.29, 1.82) is 0 Å². The van der Waals surface area contributed by atoms with E-state index in [-0.39, 0.29) is 5.91 Å². The molecule has 0 heterocycles. The molecule has 0 bridgehead atoms. The molecular weight excluding hydrogens is 256 g/mol. The third-order valence-corrected chi connectivity index (χ3v) is 2.73. The molecule has 0 saturated carbocycles. The van der Waals surface area contributed by atoms with Crippen molar-refractivity contribution >= 4 is 12.0 Å². The van der Waals surface area contributed by atoms with E-state index in [0.29, 0.717) is 18.7 Å². The first-order valence-corrected chi connectivity index (χ1v) is 6.45. The van der Waals surface area contributed by atoms with E-state index in [2.05, 4.69) is 16.6 Å². The van der Waals surface area contributed by atoms with Gasteiger partial charge in [-0.1, -0.05) is 5.92 Å². The minimum Gasteiger partial charge on any atom is -0.465 e. The lowest BCUT2D eigenvalue weighted by Crippen LogP contribution is -2.25. The fraction of sp³-hybridized carbons (Fsp3) is 0.333. The molecule has 0 saturated heterocycles. The molecule has 106 valence electrons. The molecule has 3 N–H and O–H groups in total. The first-order valence-electron chi connectivity index (χ1n) is 6.45. The first-order chi connectivity index (χ1) is 9.63. The van der Waals surface area contributed by atoms with Gasteiger partial charge >= 0.3 is 6.09 Å². The van der Waals surface area contributed by atoms with Crippen molar-refractivity contribution in [2.75, 3.05) is 13.1 Å². The van der Waals surface area contributed by atoms with Gasteiger partial charge in [-0.05, 0) is 43.5 Å². The molecule has 5 heteroatoms. The summed E-state index contributed by atoms with van der Waals surface area (Å²) in [5.74, 6) is 2.37. The average molecular weight is 274 g/mol. The van der Waals surface area contributed by atoms with E-state index >= 15 is 0 Å². The predicted molar refractivity (Wildman–Crippen MR) is 76.6 cm³/mol. The number of amides is 2. The van der Waals surface area contributed by atoms with Crippen molar-refractivity contribution in [3.63, 3.8) is 0 Å². The maximum Gasteiger partial charge on any atom is 0.404 e. The summed E-state index contributed by atoms with van der Waals surface area (Å²) in [5.41, 5.74) is 1.32. The van der Waals surface area contributed by atoms with Crippen LogP contribution in [0.4, 0.5) is 4.79 Å². The Hall–Kier alpha value is -2.48. The standard InChI is InChI=1S/C15H18N2O3/c1-2-12-6-8-13(9-7-12)14(18)16-10-4-3-5-11-17-15(19)20/h1,6-9,17H,3-5,10-11H2,(H,16,18)(H,19,20). The Balaban J connectivity index is 2.16. The number of carbonyl (C=O) groups excluding carboxylic acids is 1. The van der Waals surface area contributed by atoms with Crippen LogP contribution in [0.2, 0.25) is 0 Å². The van der Waals surface area contributed by atoms with Crippen molar-refractivity contribution in [3.8, 4) is 12.3 Å². The van der Waals surface area contributed by atoms with Gasteiger partial charge in [0, 0.05) is 24.2 Å². The molecule has 2 amide bonds. The number of benzene rings is 1. The van der Waals surface area contributed by atoms with Crippen molar-refractivity contribution in [3.05, 3.63) is 35.4 Å². The van der Waals surface area contributed by atoms with Crippen LogP contribution in [0.1, 0.15) is 35.2 Å². The molecule has 1 aromatic carbocycles. The van der Waals surface area contributed by atoms with Crippen LogP contribution >= 0.6 is 0 Å². The third-order valence-electron chi connectivity index (χ3n) is 2.73. The Morgan fingerprint density at radius 1 is 1.05 bits per heavy atom. The fourth-order valence-corrected chi connectivity index (χ4v) is 1.64. The summed E-state index contributed by atoms with van der Waals surface area (Å²) in [6.07, 6.45) is 6.67. The largest absolute Gasteiger partial charge is 0.465 e. The van der Waals surface area contributed by atoms with Gasteiger partial charge in [-0.3, -0.25) is 4.79 Å². The number of unbranched alkanes of at least 4 members (excludes halogenated alkanes) is 2. The molecule has 0 fully saturated rings. The molecule has 0 unspecified atom stereocenters. The number of carbonyl (C=O) groups is 2. The van der Waals surface area contributed by atoms with Crippen LogP contribution in [0.3, 0.4) is 0 Å². The summed E-state index contributed by atoms with van der Waals surface area (Å²) in [4.78, 5) is 22.0. The van der Waals surface area contributed by atoms with Gasteiger partial charge in [0.25, 0.3) is 5.91 Å². The first kappa shape index (κ1) is 15.6. The number of nitrogens with one attached hydrogen (secondary N) is 2. The summed E-state index contributed by atoms with van der Waals surface area (Å²) in [6, 6.07) is 6.85. The van der Waals surface area contributed by atoms with Gasteiger partial charge in [0.15, 0.2) is 0 Å². The molecule has 0 atom stereocenters. The zero-order valence-corrected chi connectivity index (χ0v) is 11.2. The molecule has 1 aromatic rings. The second-order valence-electron chi connectivity index (χ2n) is 4.27. The molecule has 0 spiro atoms. The molecule has 0 aromatic heterocycles. The van der Waals surface area contributed by atoms with Crippen molar-refractivity contribution in [2.45, 2.75) is 19.3 Å². The Labute approximate surface area is 118 Å². The Morgan fingerprint density at radius 2 is 1.65 bits per heavy atom. The molecule has 0 aliphatic carbocycles. The lowest BCUT2D eigenvalue weighted by Gasteiger charge is -2.05. The van der Waals surface area contributed by atoms with E-state index < -0.39 is 6.09 Å². The zero-order chi connectivity index (χ0) is 14.8. The number of carboxylic acid groups (broad SMARTS) is 1. The highest BCUT2D eigenvalue weighted by Crippen LogP contribution is 2.03. The number of rotatable bonds is 7. The van der Waals surface area contributed by atoms with Gasteiger partial charge in [0.2, 0.25) is 0 Å². The van der Waals surface area contributed by atoms with Gasteiger partial charge in [-0.25, -0.2) is 4.79 Å². The molecule has 0 aliphatic rings. The monoisotopic (exact) mass is 274 g/mol. The summed E-state index contributed by atoms with van der Waals surface area (Å²) >= 11 is 0. The van der Waals surface area contributed by atoms with E-state index in [9.17, 15) is 9.59 Å². The SMILES string of the molecule is C#Cc1ccc(C(=O)NCCCCCNC(=O)O)cc1. The maximum absolute atomic E-state index is 11.8. The highest BCUT2D eigenvalue weighted by atomic mass is 16.4. The topological polar surface area (TPSA) is 78.4 Å². The third kappa shape index (κ3) is 5.91. The summed E-state index contributed by atoms with van der Waals surface area (Å²) in [7, 11) is 0. The minimum absolute atomic E-state index is 0.128. The van der Waals surface area contributed by atoms with Crippen LogP contribution in [-0.4, -0.2) is 30.2 Å². The number of hydrogen-bond acceptors (Lipinski definition) is 2. The minimum atomic E-state index is -1.01. The highest BCUT2D eigenvalue weighted by molar-refractivity contribution is 5.94. The van der Waals surface area contributed by atoms with Crippen LogP contribution in [0.5, 0.6) is 0 Å². The van der Waals surface area contributed by atoms with Gasteiger partial charge in [-0.15, -0.1) is 6.42 Å². The fourth-order valence-electron chi connectivity index (χ4n) is 1.64. The highest BCUT2D eigenvalue weighted by Gasteiger charge is 2.03. The number of hydrogen-bond donors (Lipinski definition) is 3. The van der Waals surface area contributed by atoms with Crippen molar-refractivity contribution < 1.29 is 14.7 Å². The van der Waals surface area contributed by atoms with E-state index in [1.165, 1.54) is 0 Å². The van der Waals surface area contributed by atoms with Crippen LogP contribution in [0.15, 0.2) is 24.3 Å². The van der Waals surface area contributed by atoms with Crippen molar-refractivity contribution in [1.82, 2.24) is 10.6 Å². The Morgan fingerprint density at radius 3 is 2.20 bits per heavy atom. The van der Waals surface area contributed by atoms with Crippen LogP contribution < -0.4 is 10.6 Å². The lowest BCUT2D eigenvalue weighted by atomic mass is 10.1. The van der Waals surface area contributed by atoms with E-state index in [0.717, 1.165) is 24.8 Å². The summed E-state index contributed by atoms with van der Waals surface area (Å²) in [5, 5.41) is 13.5. The van der Waals surface area contributed by atoms with Gasteiger partial charge in [0.1, 0.15) is 0 Å². The van der Waals surface area contributed by atoms with Crippen LogP contribution in [0, 0.1) is 12.3 Å². The number of terminal acetylenes is 1. The Kier molecular flexibility index (Phi) is 6.69. The zero-order valence-electron chi connectivity index (χ0n) is 11.2. The maximum atomic E-state index is 11.8. The molecule has 20 heavy (non-hydrogen) atoms. The molecule has 0 radical (unpaired) electrons. The quantitative estimate of drug-likeness (QED) is 0.524. The average Bonchev–Trinajstić information content (AvgIpc) is 2.45. The molecular formula is C15H18N2O3.